The standard InChI is InChI=1S/C43H88N/c1-5-7-9-11-13-15-17-19-21-23-24-25-26-27-29-31-33-35-37-39-41-43-44(3,4)42-40-38-36-34-32-30-28-22-20-18-16-14-12-10-8-6-2/h39,41H,5-38,40,42-43H2,1-4H3/q+1. The summed E-state index contributed by atoms with van der Waals surface area (Å²) >= 11 is 0. The van der Waals surface area contributed by atoms with E-state index in [0.29, 0.717) is 0 Å². The van der Waals surface area contributed by atoms with Gasteiger partial charge < -0.3 is 4.48 Å². The van der Waals surface area contributed by atoms with Gasteiger partial charge in [-0.15, -0.1) is 0 Å². The Kier molecular flexibility index (Phi) is 36.9. The second-order valence-electron chi connectivity index (χ2n) is 15.4. The molecule has 0 aliphatic carbocycles. The van der Waals surface area contributed by atoms with Crippen LogP contribution in [0.3, 0.4) is 0 Å². The molecule has 0 radical (unpaired) electrons. The number of hydrogen-bond donors (Lipinski definition) is 0. The molecule has 0 N–H and O–H groups in total. The zero-order valence-corrected chi connectivity index (χ0v) is 31.8. The van der Waals surface area contributed by atoms with E-state index in [1.807, 2.05) is 0 Å². The zero-order chi connectivity index (χ0) is 32.1. The molecule has 0 saturated heterocycles. The Balaban J connectivity index is 3.31. The predicted octanol–water partition coefficient (Wildman–Crippen LogP) is 15.3. The monoisotopic (exact) mass is 619 g/mol. The molecule has 0 spiro atoms. The highest BCUT2D eigenvalue weighted by molar-refractivity contribution is 4.81. The molecule has 0 saturated carbocycles. The average Bonchev–Trinajstić information content (AvgIpc) is 3.01. The van der Waals surface area contributed by atoms with E-state index in [1.165, 1.54) is 238 Å². The number of quaternary nitrogens is 1. The van der Waals surface area contributed by atoms with E-state index in [0.717, 1.165) is 4.48 Å². The first-order valence-corrected chi connectivity index (χ1v) is 21.1. The summed E-state index contributed by atoms with van der Waals surface area (Å²) in [6.07, 6.45) is 55.8. The first-order chi connectivity index (χ1) is 21.6. The van der Waals surface area contributed by atoms with Crippen molar-refractivity contribution in [3.63, 3.8) is 0 Å². The van der Waals surface area contributed by atoms with Crippen LogP contribution in [0.5, 0.6) is 0 Å². The molecule has 1 heteroatoms. The van der Waals surface area contributed by atoms with Crippen LogP contribution >= 0.6 is 0 Å². The summed E-state index contributed by atoms with van der Waals surface area (Å²) in [5.41, 5.74) is 0. The van der Waals surface area contributed by atoms with Crippen molar-refractivity contribution in [2.24, 2.45) is 0 Å². The summed E-state index contributed by atoms with van der Waals surface area (Å²) in [6.45, 7) is 7.16. The molecule has 0 aromatic rings. The van der Waals surface area contributed by atoms with Crippen molar-refractivity contribution in [3.8, 4) is 0 Å². The average molecular weight is 619 g/mol. The van der Waals surface area contributed by atoms with Gasteiger partial charge in [0, 0.05) is 0 Å². The number of nitrogens with zero attached hydrogens (tertiary/aromatic N) is 1. The maximum Gasteiger partial charge on any atom is 0.0969 e. The molecule has 0 fully saturated rings. The number of rotatable bonds is 38. The molecule has 1 nitrogen and oxygen atoms in total. The van der Waals surface area contributed by atoms with Crippen LogP contribution in [0.1, 0.15) is 239 Å². The van der Waals surface area contributed by atoms with Gasteiger partial charge in [0.05, 0.1) is 27.2 Å². The fourth-order valence-electron chi connectivity index (χ4n) is 6.82. The van der Waals surface area contributed by atoms with E-state index < -0.39 is 0 Å². The maximum absolute atomic E-state index is 2.47. The molecule has 44 heavy (non-hydrogen) atoms. The molecular weight excluding hydrogens is 530 g/mol. The summed E-state index contributed by atoms with van der Waals surface area (Å²) < 4.78 is 1.16. The summed E-state index contributed by atoms with van der Waals surface area (Å²) in [7, 11) is 4.85. The zero-order valence-electron chi connectivity index (χ0n) is 31.8. The normalized spacial score (nSPS) is 12.2. The van der Waals surface area contributed by atoms with Gasteiger partial charge in [-0.25, -0.2) is 0 Å². The van der Waals surface area contributed by atoms with Gasteiger partial charge in [0.1, 0.15) is 0 Å². The van der Waals surface area contributed by atoms with Gasteiger partial charge >= 0.3 is 0 Å². The van der Waals surface area contributed by atoms with Crippen molar-refractivity contribution in [2.45, 2.75) is 239 Å². The van der Waals surface area contributed by atoms with Crippen molar-refractivity contribution < 1.29 is 4.48 Å². The van der Waals surface area contributed by atoms with Crippen LogP contribution in [0, 0.1) is 0 Å². The Bertz CT molecular complexity index is 535. The van der Waals surface area contributed by atoms with Gasteiger partial charge in [-0.2, -0.15) is 0 Å². The van der Waals surface area contributed by atoms with Crippen LogP contribution in [0.15, 0.2) is 12.2 Å². The lowest BCUT2D eigenvalue weighted by atomic mass is 10.0. The summed E-state index contributed by atoms with van der Waals surface area (Å²) in [5, 5.41) is 0. The molecule has 0 aromatic heterocycles. The van der Waals surface area contributed by atoms with Crippen LogP contribution < -0.4 is 0 Å². The highest BCUT2D eigenvalue weighted by Crippen LogP contribution is 2.16. The molecule has 0 aliphatic heterocycles. The van der Waals surface area contributed by atoms with Crippen LogP contribution in [-0.2, 0) is 0 Å². The molecule has 0 amide bonds. The van der Waals surface area contributed by atoms with Crippen LogP contribution in [0.2, 0.25) is 0 Å². The van der Waals surface area contributed by atoms with E-state index in [4.69, 9.17) is 0 Å². The summed E-state index contributed by atoms with van der Waals surface area (Å²) in [5.74, 6) is 0. The van der Waals surface area contributed by atoms with Crippen LogP contribution in [0.4, 0.5) is 0 Å². The summed E-state index contributed by atoms with van der Waals surface area (Å²) in [6, 6.07) is 0. The van der Waals surface area contributed by atoms with Gasteiger partial charge in [0.15, 0.2) is 0 Å². The number of allylic oxidation sites excluding steroid dienone is 1. The first kappa shape index (κ1) is 43.7. The minimum Gasteiger partial charge on any atom is -0.325 e. The molecule has 0 unspecified atom stereocenters. The lowest BCUT2D eigenvalue weighted by Crippen LogP contribution is -2.40. The van der Waals surface area contributed by atoms with Gasteiger partial charge in [0.2, 0.25) is 0 Å². The fraction of sp³-hybridized carbons (Fsp3) is 0.953. The molecule has 0 bridgehead atoms. The highest BCUT2D eigenvalue weighted by Gasteiger charge is 2.11. The van der Waals surface area contributed by atoms with Crippen LogP contribution in [-0.4, -0.2) is 31.7 Å². The highest BCUT2D eigenvalue weighted by atomic mass is 15.3. The van der Waals surface area contributed by atoms with Crippen molar-refractivity contribution in [2.75, 3.05) is 27.2 Å². The predicted molar refractivity (Wildman–Crippen MR) is 204 cm³/mol. The van der Waals surface area contributed by atoms with Crippen molar-refractivity contribution in [1.82, 2.24) is 0 Å². The van der Waals surface area contributed by atoms with Crippen LogP contribution in [0.25, 0.3) is 0 Å². The van der Waals surface area contributed by atoms with Gasteiger partial charge in [0.25, 0.3) is 0 Å². The molecule has 0 rings (SSSR count). The van der Waals surface area contributed by atoms with Crippen molar-refractivity contribution >= 4 is 0 Å². The third kappa shape index (κ3) is 37.9. The molecule has 264 valence electrons. The molecule has 0 heterocycles. The van der Waals surface area contributed by atoms with E-state index in [2.05, 4.69) is 40.1 Å². The third-order valence-corrected chi connectivity index (χ3v) is 10.1. The Morgan fingerprint density at radius 2 is 0.545 bits per heavy atom. The second kappa shape index (κ2) is 37.2. The Hall–Kier alpha value is -0.300. The molecule has 0 aromatic carbocycles. The lowest BCUT2D eigenvalue weighted by molar-refractivity contribution is -0.884. The van der Waals surface area contributed by atoms with Crippen molar-refractivity contribution in [3.05, 3.63) is 12.2 Å². The van der Waals surface area contributed by atoms with E-state index in [1.54, 1.807) is 0 Å². The quantitative estimate of drug-likeness (QED) is 0.0367. The number of hydrogen-bond acceptors (Lipinski definition) is 0. The second-order valence-corrected chi connectivity index (χ2v) is 15.4. The maximum atomic E-state index is 2.47. The van der Waals surface area contributed by atoms with Gasteiger partial charge in [-0.05, 0) is 31.8 Å². The smallest absolute Gasteiger partial charge is 0.0969 e. The van der Waals surface area contributed by atoms with Gasteiger partial charge in [-0.3, -0.25) is 0 Å². The number of likely N-dealkylation sites (N-methyl/N-ethyl adjacent to an activating group) is 1. The van der Waals surface area contributed by atoms with E-state index >= 15 is 0 Å². The Morgan fingerprint density at radius 1 is 0.295 bits per heavy atom. The van der Waals surface area contributed by atoms with E-state index in [-0.39, 0.29) is 0 Å². The fourth-order valence-corrected chi connectivity index (χ4v) is 6.82. The van der Waals surface area contributed by atoms with E-state index in [9.17, 15) is 0 Å². The lowest BCUT2D eigenvalue weighted by Gasteiger charge is -2.28. The Morgan fingerprint density at radius 3 is 0.841 bits per heavy atom. The Labute approximate surface area is 281 Å². The summed E-state index contributed by atoms with van der Waals surface area (Å²) in [4.78, 5) is 0. The topological polar surface area (TPSA) is 0 Å². The largest absolute Gasteiger partial charge is 0.325 e. The molecule has 0 atom stereocenters. The van der Waals surface area contributed by atoms with Gasteiger partial charge in [-0.1, -0.05) is 219 Å². The number of unbranched alkanes of at least 4 members (excludes halogenated alkanes) is 33. The SMILES string of the molecule is CCCCCCCCCCCCCCCCCCCCC=CC[N+](C)(C)CCCCCCCCCCCCCCCCCC. The first-order valence-electron chi connectivity index (χ1n) is 21.1. The third-order valence-electron chi connectivity index (χ3n) is 10.1. The minimum atomic E-state index is 1.16. The molecule has 0 aliphatic rings. The minimum absolute atomic E-state index is 1.16. The van der Waals surface area contributed by atoms with Crippen molar-refractivity contribution in [1.29, 1.82) is 0 Å². The molecular formula is C43H88N+.